The molecule has 0 aliphatic carbocycles. The third kappa shape index (κ3) is 3.71. The van der Waals surface area contributed by atoms with Gasteiger partial charge in [0.05, 0.1) is 4.92 Å². The number of para-hydroxylation sites is 2. The summed E-state index contributed by atoms with van der Waals surface area (Å²) < 4.78 is 0. The molecule has 6 heteroatoms. The summed E-state index contributed by atoms with van der Waals surface area (Å²) >= 11 is 0. The number of nitro benzene ring substituents is 1. The molecule has 1 N–H and O–H groups in total. The molecule has 1 aliphatic rings. The number of anilines is 1. The minimum absolute atomic E-state index is 0.0710. The van der Waals surface area contributed by atoms with Crippen LogP contribution in [-0.4, -0.2) is 22.3 Å². The largest absolute Gasteiger partial charge is 0.375 e. The molecule has 3 rings (SSSR count). The fraction of sp³-hybridized carbons (Fsp3) is 0.278. The molecule has 2 aromatic carbocycles. The fourth-order valence-electron chi connectivity index (χ4n) is 2.83. The Balaban J connectivity index is 1.60. The molecule has 0 spiro atoms. The maximum absolute atomic E-state index is 11.7. The van der Waals surface area contributed by atoms with Crippen LogP contribution in [0.5, 0.6) is 0 Å². The van der Waals surface area contributed by atoms with Crippen LogP contribution in [0.25, 0.3) is 0 Å². The number of amides is 1. The van der Waals surface area contributed by atoms with Crippen molar-refractivity contribution in [1.82, 2.24) is 4.90 Å². The van der Waals surface area contributed by atoms with E-state index in [1.54, 1.807) is 18.2 Å². The van der Waals surface area contributed by atoms with Crippen molar-refractivity contribution in [2.45, 2.75) is 25.9 Å². The first kappa shape index (κ1) is 16.0. The van der Waals surface area contributed by atoms with Gasteiger partial charge >= 0.3 is 0 Å². The third-order valence-corrected chi connectivity index (χ3v) is 4.15. The summed E-state index contributed by atoms with van der Waals surface area (Å²) in [7, 11) is 0. The third-order valence-electron chi connectivity index (χ3n) is 4.15. The highest BCUT2D eigenvalue weighted by molar-refractivity contribution is 5.78. The molecule has 0 bridgehead atoms. The molecule has 124 valence electrons. The summed E-state index contributed by atoms with van der Waals surface area (Å²) in [5.74, 6) is 0.220. The number of carbonyl (C=O) groups is 1. The van der Waals surface area contributed by atoms with Crippen LogP contribution in [0.3, 0.4) is 0 Å². The van der Waals surface area contributed by atoms with E-state index < -0.39 is 4.92 Å². The Kier molecular flexibility index (Phi) is 4.74. The average molecular weight is 325 g/mol. The van der Waals surface area contributed by atoms with Crippen molar-refractivity contribution in [3.05, 3.63) is 69.8 Å². The topological polar surface area (TPSA) is 75.5 Å². The number of likely N-dealkylation sites (tertiary alicyclic amines) is 1. The molecular weight excluding hydrogens is 306 g/mol. The maximum Gasteiger partial charge on any atom is 0.292 e. The van der Waals surface area contributed by atoms with Crippen LogP contribution in [0, 0.1) is 10.1 Å². The van der Waals surface area contributed by atoms with Gasteiger partial charge in [-0.3, -0.25) is 14.9 Å². The second kappa shape index (κ2) is 7.12. The number of hydrogen-bond donors (Lipinski definition) is 1. The van der Waals surface area contributed by atoms with E-state index in [0.717, 1.165) is 24.1 Å². The molecule has 6 nitrogen and oxygen atoms in total. The van der Waals surface area contributed by atoms with Crippen molar-refractivity contribution in [3.8, 4) is 0 Å². The highest BCUT2D eigenvalue weighted by Crippen LogP contribution is 2.24. The number of nitrogens with one attached hydrogen (secondary N) is 1. The van der Waals surface area contributed by atoms with Gasteiger partial charge in [-0.15, -0.1) is 0 Å². The van der Waals surface area contributed by atoms with Crippen LogP contribution < -0.4 is 5.32 Å². The van der Waals surface area contributed by atoms with Crippen LogP contribution in [0.2, 0.25) is 0 Å². The lowest BCUT2D eigenvalue weighted by Gasteiger charge is -2.15. The smallest absolute Gasteiger partial charge is 0.292 e. The van der Waals surface area contributed by atoms with E-state index in [0.29, 0.717) is 25.2 Å². The lowest BCUT2D eigenvalue weighted by Crippen LogP contribution is -2.23. The van der Waals surface area contributed by atoms with Gasteiger partial charge in [0.1, 0.15) is 5.69 Å². The summed E-state index contributed by atoms with van der Waals surface area (Å²) in [4.78, 5) is 24.1. The van der Waals surface area contributed by atoms with E-state index in [9.17, 15) is 14.9 Å². The molecule has 0 radical (unpaired) electrons. The predicted molar refractivity (Wildman–Crippen MR) is 91.5 cm³/mol. The first-order valence-electron chi connectivity index (χ1n) is 7.96. The summed E-state index contributed by atoms with van der Waals surface area (Å²) in [5.41, 5.74) is 2.71. The zero-order chi connectivity index (χ0) is 16.9. The van der Waals surface area contributed by atoms with Gasteiger partial charge in [0.2, 0.25) is 5.91 Å². The predicted octanol–water partition coefficient (Wildman–Crippen LogP) is 3.33. The van der Waals surface area contributed by atoms with E-state index in [-0.39, 0.29) is 11.6 Å². The second-order valence-electron chi connectivity index (χ2n) is 5.86. The van der Waals surface area contributed by atoms with E-state index in [1.807, 2.05) is 29.2 Å². The summed E-state index contributed by atoms with van der Waals surface area (Å²) in [6.45, 7) is 1.99. The quantitative estimate of drug-likeness (QED) is 0.653. The number of nitrogens with zero attached hydrogens (tertiary/aromatic N) is 2. The molecular formula is C18H19N3O3. The van der Waals surface area contributed by atoms with Crippen LogP contribution >= 0.6 is 0 Å². The highest BCUT2D eigenvalue weighted by atomic mass is 16.6. The van der Waals surface area contributed by atoms with Crippen LogP contribution in [0.4, 0.5) is 11.4 Å². The highest BCUT2D eigenvalue weighted by Gasteiger charge is 2.19. The molecule has 1 heterocycles. The van der Waals surface area contributed by atoms with Crippen molar-refractivity contribution in [3.63, 3.8) is 0 Å². The van der Waals surface area contributed by atoms with Gasteiger partial charge in [-0.1, -0.05) is 36.4 Å². The maximum atomic E-state index is 11.7. The lowest BCUT2D eigenvalue weighted by atomic mass is 10.1. The SMILES string of the molecule is O=C1CCCN1Cc1ccc(CNc2ccccc2[N+](=O)[O-])cc1. The first-order chi connectivity index (χ1) is 11.6. The summed E-state index contributed by atoms with van der Waals surface area (Å²) in [6, 6.07) is 14.6. The van der Waals surface area contributed by atoms with Gasteiger partial charge in [0, 0.05) is 32.1 Å². The number of nitro groups is 1. The molecule has 0 aromatic heterocycles. The molecule has 1 saturated heterocycles. The Labute approximate surface area is 140 Å². The van der Waals surface area contributed by atoms with Crippen molar-refractivity contribution in [2.75, 3.05) is 11.9 Å². The van der Waals surface area contributed by atoms with E-state index in [2.05, 4.69) is 5.32 Å². The Morgan fingerprint density at radius 1 is 1.08 bits per heavy atom. The van der Waals surface area contributed by atoms with Crippen molar-refractivity contribution in [2.24, 2.45) is 0 Å². The average Bonchev–Trinajstić information content (AvgIpc) is 2.99. The van der Waals surface area contributed by atoms with Crippen molar-refractivity contribution < 1.29 is 9.72 Å². The van der Waals surface area contributed by atoms with Gasteiger partial charge in [0.15, 0.2) is 0 Å². The van der Waals surface area contributed by atoms with Crippen LogP contribution in [-0.2, 0) is 17.9 Å². The summed E-state index contributed by atoms with van der Waals surface area (Å²) in [5, 5.41) is 14.1. The Hall–Kier alpha value is -2.89. The minimum atomic E-state index is -0.390. The van der Waals surface area contributed by atoms with E-state index >= 15 is 0 Å². The normalized spacial score (nSPS) is 14.0. The molecule has 0 atom stereocenters. The molecule has 1 fully saturated rings. The standard InChI is InChI=1S/C18H19N3O3/c22-18-6-3-11-20(18)13-15-9-7-14(8-10-15)12-19-16-4-1-2-5-17(16)21(23)24/h1-2,4-5,7-10,19H,3,6,11-13H2. The van der Waals surface area contributed by atoms with E-state index in [4.69, 9.17) is 0 Å². The van der Waals surface area contributed by atoms with Crippen molar-refractivity contribution in [1.29, 1.82) is 0 Å². The van der Waals surface area contributed by atoms with Gasteiger partial charge in [0.25, 0.3) is 5.69 Å². The van der Waals surface area contributed by atoms with Crippen LogP contribution in [0.1, 0.15) is 24.0 Å². The van der Waals surface area contributed by atoms with E-state index in [1.165, 1.54) is 6.07 Å². The first-order valence-corrected chi connectivity index (χ1v) is 7.96. The number of benzene rings is 2. The van der Waals surface area contributed by atoms with Gasteiger partial charge in [-0.25, -0.2) is 0 Å². The Morgan fingerprint density at radius 2 is 1.79 bits per heavy atom. The Bertz CT molecular complexity index is 743. The lowest BCUT2D eigenvalue weighted by molar-refractivity contribution is -0.384. The van der Waals surface area contributed by atoms with Gasteiger partial charge < -0.3 is 10.2 Å². The minimum Gasteiger partial charge on any atom is -0.375 e. The zero-order valence-corrected chi connectivity index (χ0v) is 13.3. The monoisotopic (exact) mass is 325 g/mol. The van der Waals surface area contributed by atoms with Crippen molar-refractivity contribution >= 4 is 17.3 Å². The molecule has 0 saturated carbocycles. The van der Waals surface area contributed by atoms with Gasteiger partial charge in [-0.05, 0) is 23.6 Å². The number of carbonyl (C=O) groups excluding carboxylic acids is 1. The fourth-order valence-corrected chi connectivity index (χ4v) is 2.83. The Morgan fingerprint density at radius 3 is 2.46 bits per heavy atom. The van der Waals surface area contributed by atoms with Crippen LogP contribution in [0.15, 0.2) is 48.5 Å². The molecule has 0 unspecified atom stereocenters. The molecule has 24 heavy (non-hydrogen) atoms. The summed E-state index contributed by atoms with van der Waals surface area (Å²) in [6.07, 6.45) is 1.59. The number of rotatable bonds is 6. The van der Waals surface area contributed by atoms with Gasteiger partial charge in [-0.2, -0.15) is 0 Å². The second-order valence-corrected chi connectivity index (χ2v) is 5.86. The zero-order valence-electron chi connectivity index (χ0n) is 13.3. The molecule has 1 amide bonds. The number of hydrogen-bond acceptors (Lipinski definition) is 4. The molecule has 2 aromatic rings. The molecule has 1 aliphatic heterocycles.